The molecule has 3 rings (SSSR count). The molecular weight excluding hydrogens is 256 g/mol. The summed E-state index contributed by atoms with van der Waals surface area (Å²) >= 11 is 0. The van der Waals surface area contributed by atoms with E-state index in [0.717, 1.165) is 18.4 Å². The van der Waals surface area contributed by atoms with Crippen molar-refractivity contribution >= 4 is 0 Å². The summed E-state index contributed by atoms with van der Waals surface area (Å²) in [7, 11) is 2.31. The minimum atomic E-state index is 0.265. The predicted molar refractivity (Wildman–Crippen MR) is 89.4 cm³/mol. The van der Waals surface area contributed by atoms with Gasteiger partial charge in [0.05, 0.1) is 0 Å². The van der Waals surface area contributed by atoms with Crippen LogP contribution in [0.25, 0.3) is 0 Å². The molecule has 0 amide bonds. The van der Waals surface area contributed by atoms with Crippen LogP contribution in [0.5, 0.6) is 0 Å². The Morgan fingerprint density at radius 1 is 1.10 bits per heavy atom. The lowest BCUT2D eigenvalue weighted by atomic mass is 9.72. The first-order chi connectivity index (χ1) is 10.2. The molecule has 0 atom stereocenters. The average Bonchev–Trinajstić information content (AvgIpc) is 2.51. The van der Waals surface area contributed by atoms with Crippen molar-refractivity contribution in [2.45, 2.75) is 56.4 Å². The number of likely N-dealkylation sites (N-methyl/N-ethyl adjacent to an activating group) is 1. The van der Waals surface area contributed by atoms with E-state index in [1.807, 2.05) is 0 Å². The number of rotatable bonds is 5. The van der Waals surface area contributed by atoms with Crippen molar-refractivity contribution in [3.8, 4) is 0 Å². The van der Waals surface area contributed by atoms with Crippen LogP contribution in [0.15, 0.2) is 30.3 Å². The number of hydrogen-bond acceptors (Lipinski definition) is 2. The first-order valence-corrected chi connectivity index (χ1v) is 8.70. The predicted octanol–water partition coefficient (Wildman–Crippen LogP) is 3.77. The van der Waals surface area contributed by atoms with Gasteiger partial charge in [0.1, 0.15) is 0 Å². The van der Waals surface area contributed by atoms with Crippen molar-refractivity contribution in [1.82, 2.24) is 4.90 Å². The Morgan fingerprint density at radius 2 is 1.76 bits per heavy atom. The van der Waals surface area contributed by atoms with E-state index in [1.54, 1.807) is 0 Å². The third-order valence-electron chi connectivity index (χ3n) is 6.13. The highest BCUT2D eigenvalue weighted by atomic mass is 15.2. The Hall–Kier alpha value is -0.860. The van der Waals surface area contributed by atoms with Gasteiger partial charge in [-0.25, -0.2) is 0 Å². The van der Waals surface area contributed by atoms with Crippen LogP contribution < -0.4 is 5.73 Å². The normalized spacial score (nSPS) is 30.3. The molecule has 0 radical (unpaired) electrons. The maximum Gasteiger partial charge on any atom is 0.0329 e. The number of benzene rings is 1. The molecular formula is C19H30N2. The summed E-state index contributed by atoms with van der Waals surface area (Å²) in [6, 6.07) is 11.0. The lowest BCUT2D eigenvalue weighted by Gasteiger charge is -2.48. The minimum Gasteiger partial charge on any atom is -0.329 e. The highest BCUT2D eigenvalue weighted by Gasteiger charge is 2.39. The first-order valence-electron chi connectivity index (χ1n) is 8.70. The molecule has 2 saturated carbocycles. The van der Waals surface area contributed by atoms with Crippen LogP contribution in [0, 0.1) is 5.92 Å². The molecule has 2 aliphatic rings. The lowest BCUT2D eigenvalue weighted by Crippen LogP contribution is -2.55. The fourth-order valence-corrected chi connectivity index (χ4v) is 4.21. The first kappa shape index (κ1) is 15.1. The molecule has 2 N–H and O–H groups in total. The van der Waals surface area contributed by atoms with Gasteiger partial charge in [0.25, 0.3) is 0 Å². The van der Waals surface area contributed by atoms with Crippen molar-refractivity contribution in [3.63, 3.8) is 0 Å². The second-order valence-corrected chi connectivity index (χ2v) is 7.29. The van der Waals surface area contributed by atoms with E-state index in [-0.39, 0.29) is 5.54 Å². The quantitative estimate of drug-likeness (QED) is 0.892. The zero-order valence-electron chi connectivity index (χ0n) is 13.4. The van der Waals surface area contributed by atoms with Gasteiger partial charge in [0.15, 0.2) is 0 Å². The molecule has 0 aliphatic heterocycles. The second kappa shape index (κ2) is 6.50. The van der Waals surface area contributed by atoms with Gasteiger partial charge in [-0.15, -0.1) is 0 Å². The lowest BCUT2D eigenvalue weighted by molar-refractivity contribution is 0.0487. The van der Waals surface area contributed by atoms with Crippen molar-refractivity contribution in [2.75, 3.05) is 20.1 Å². The molecule has 2 aliphatic carbocycles. The molecule has 21 heavy (non-hydrogen) atoms. The van der Waals surface area contributed by atoms with Gasteiger partial charge in [-0.3, -0.25) is 4.90 Å². The van der Waals surface area contributed by atoms with Crippen LogP contribution in [-0.4, -0.2) is 30.6 Å². The van der Waals surface area contributed by atoms with E-state index in [9.17, 15) is 0 Å². The van der Waals surface area contributed by atoms with Crippen molar-refractivity contribution in [2.24, 2.45) is 11.7 Å². The van der Waals surface area contributed by atoms with Gasteiger partial charge in [-0.1, -0.05) is 36.8 Å². The maximum absolute atomic E-state index is 6.22. The van der Waals surface area contributed by atoms with Gasteiger partial charge in [0.2, 0.25) is 0 Å². The summed E-state index contributed by atoms with van der Waals surface area (Å²) in [5, 5.41) is 0. The Kier molecular flexibility index (Phi) is 4.66. The molecule has 0 aromatic heterocycles. The van der Waals surface area contributed by atoms with E-state index in [2.05, 4.69) is 42.3 Å². The number of nitrogens with two attached hydrogens (primary N) is 1. The van der Waals surface area contributed by atoms with Gasteiger partial charge in [-0.05, 0) is 63.0 Å². The van der Waals surface area contributed by atoms with E-state index in [0.29, 0.717) is 0 Å². The molecule has 1 aromatic rings. The molecule has 116 valence electrons. The van der Waals surface area contributed by atoms with E-state index in [4.69, 9.17) is 5.73 Å². The average molecular weight is 286 g/mol. The molecule has 0 heterocycles. The maximum atomic E-state index is 6.22. The van der Waals surface area contributed by atoms with Gasteiger partial charge < -0.3 is 5.73 Å². The summed E-state index contributed by atoms with van der Waals surface area (Å²) in [6.45, 7) is 2.07. The zero-order chi connectivity index (χ0) is 14.7. The van der Waals surface area contributed by atoms with Crippen LogP contribution in [-0.2, 0) is 0 Å². The number of hydrogen-bond donors (Lipinski definition) is 1. The summed E-state index contributed by atoms with van der Waals surface area (Å²) in [5.41, 5.74) is 8.00. The Balaban J connectivity index is 1.61. The largest absolute Gasteiger partial charge is 0.329 e. The summed E-state index contributed by atoms with van der Waals surface area (Å²) in [5.74, 6) is 1.67. The van der Waals surface area contributed by atoms with E-state index in [1.165, 1.54) is 57.1 Å². The van der Waals surface area contributed by atoms with Gasteiger partial charge >= 0.3 is 0 Å². The second-order valence-electron chi connectivity index (χ2n) is 7.29. The molecule has 2 nitrogen and oxygen atoms in total. The molecule has 0 saturated heterocycles. The highest BCUT2D eigenvalue weighted by Crippen LogP contribution is 2.41. The Bertz CT molecular complexity index is 430. The summed E-state index contributed by atoms with van der Waals surface area (Å²) < 4.78 is 0. The monoisotopic (exact) mass is 286 g/mol. The highest BCUT2D eigenvalue weighted by molar-refractivity contribution is 5.20. The van der Waals surface area contributed by atoms with E-state index < -0.39 is 0 Å². The van der Waals surface area contributed by atoms with Crippen LogP contribution >= 0.6 is 0 Å². The van der Waals surface area contributed by atoms with Crippen LogP contribution in [0.4, 0.5) is 0 Å². The van der Waals surface area contributed by atoms with Crippen LogP contribution in [0.1, 0.15) is 56.4 Å². The standard InChI is InChI=1S/C19H30N2/c1-21(14-16-6-5-7-16)19(15-20)12-10-18(11-13-19)17-8-3-2-4-9-17/h2-4,8-9,16,18H,5-7,10-15,20H2,1H3. The van der Waals surface area contributed by atoms with Crippen molar-refractivity contribution < 1.29 is 0 Å². The fourth-order valence-electron chi connectivity index (χ4n) is 4.21. The minimum absolute atomic E-state index is 0.265. The third-order valence-corrected chi connectivity index (χ3v) is 6.13. The fraction of sp³-hybridized carbons (Fsp3) is 0.684. The van der Waals surface area contributed by atoms with Crippen molar-refractivity contribution in [3.05, 3.63) is 35.9 Å². The molecule has 0 bridgehead atoms. The SMILES string of the molecule is CN(CC1CCC1)C1(CN)CCC(c2ccccc2)CC1. The zero-order valence-corrected chi connectivity index (χ0v) is 13.4. The number of nitrogens with zero attached hydrogens (tertiary/aromatic N) is 1. The molecule has 1 aromatic carbocycles. The molecule has 0 unspecified atom stereocenters. The topological polar surface area (TPSA) is 29.3 Å². The Labute approximate surface area is 129 Å². The Morgan fingerprint density at radius 3 is 2.29 bits per heavy atom. The molecule has 2 heteroatoms. The van der Waals surface area contributed by atoms with Crippen LogP contribution in [0.2, 0.25) is 0 Å². The van der Waals surface area contributed by atoms with E-state index >= 15 is 0 Å². The molecule has 0 spiro atoms. The summed E-state index contributed by atoms with van der Waals surface area (Å²) in [4.78, 5) is 2.61. The van der Waals surface area contributed by atoms with Crippen molar-refractivity contribution in [1.29, 1.82) is 0 Å². The van der Waals surface area contributed by atoms with Crippen LogP contribution in [0.3, 0.4) is 0 Å². The summed E-state index contributed by atoms with van der Waals surface area (Å²) in [6.07, 6.45) is 9.38. The smallest absolute Gasteiger partial charge is 0.0329 e. The van der Waals surface area contributed by atoms with Gasteiger partial charge in [0, 0.05) is 18.6 Å². The third kappa shape index (κ3) is 3.17. The van der Waals surface area contributed by atoms with Gasteiger partial charge in [-0.2, -0.15) is 0 Å². The molecule has 2 fully saturated rings.